The molecule has 5 rings (SSSR count). The van der Waals surface area contributed by atoms with Crippen LogP contribution in [-0.2, 0) is 32.5 Å². The van der Waals surface area contributed by atoms with E-state index < -0.39 is 0 Å². The summed E-state index contributed by atoms with van der Waals surface area (Å²) in [6.07, 6.45) is 6.43. The Morgan fingerprint density at radius 2 is 2.18 bits per heavy atom. The molecule has 0 aromatic carbocycles. The van der Waals surface area contributed by atoms with Crippen molar-refractivity contribution in [2.24, 2.45) is 0 Å². The second-order valence-electron chi connectivity index (χ2n) is 7.74. The number of rotatable bonds is 3. The van der Waals surface area contributed by atoms with E-state index in [1.54, 1.807) is 15.9 Å². The van der Waals surface area contributed by atoms with E-state index >= 15 is 0 Å². The molecule has 0 N–H and O–H groups in total. The Kier molecular flexibility index (Phi) is 4.33. The first kappa shape index (κ1) is 17.7. The number of thiophene rings is 1. The minimum absolute atomic E-state index is 0.0333. The van der Waals surface area contributed by atoms with Crippen LogP contribution in [0.5, 0.6) is 0 Å². The standard InChI is InChI=1S/C21H23N5OS/c1-14-16-6-4-9-24(16)11-12-25(14)13-18-23-20-19(21(27)26(18)10-8-22)15-5-2-3-7-17(15)28-20/h4,6,9,14H,2-3,5,7,10-13H2,1H3/t14-/m0/s1. The van der Waals surface area contributed by atoms with Gasteiger partial charge >= 0.3 is 0 Å². The fourth-order valence-electron chi connectivity index (χ4n) is 4.66. The molecule has 1 aliphatic carbocycles. The molecule has 4 heterocycles. The molecule has 1 atom stereocenters. The Morgan fingerprint density at radius 3 is 3.04 bits per heavy atom. The number of nitrogens with zero attached hydrogens (tertiary/aromatic N) is 5. The minimum atomic E-state index is -0.0333. The lowest BCUT2D eigenvalue weighted by molar-refractivity contribution is 0.154. The molecular weight excluding hydrogens is 370 g/mol. The fourth-order valence-corrected chi connectivity index (χ4v) is 5.93. The highest BCUT2D eigenvalue weighted by Gasteiger charge is 2.27. The van der Waals surface area contributed by atoms with E-state index in [9.17, 15) is 10.1 Å². The molecule has 7 heteroatoms. The molecular formula is C21H23N5OS. The van der Waals surface area contributed by atoms with Gasteiger partial charge in [0.1, 0.15) is 17.2 Å². The Balaban J connectivity index is 1.58. The molecule has 2 aliphatic rings. The molecule has 0 fully saturated rings. The summed E-state index contributed by atoms with van der Waals surface area (Å²) in [6, 6.07) is 6.66. The maximum absolute atomic E-state index is 13.3. The molecule has 0 amide bonds. The van der Waals surface area contributed by atoms with Gasteiger partial charge in [0.2, 0.25) is 0 Å². The summed E-state index contributed by atoms with van der Waals surface area (Å²) in [7, 11) is 0. The first-order valence-electron chi connectivity index (χ1n) is 9.97. The van der Waals surface area contributed by atoms with Gasteiger partial charge in [0.15, 0.2) is 0 Å². The number of fused-ring (bicyclic) bond motifs is 4. The number of aryl methyl sites for hydroxylation is 2. The molecule has 0 spiro atoms. The third-order valence-electron chi connectivity index (χ3n) is 6.20. The van der Waals surface area contributed by atoms with Gasteiger partial charge in [-0.05, 0) is 50.3 Å². The average molecular weight is 394 g/mol. The lowest BCUT2D eigenvalue weighted by Gasteiger charge is -2.34. The summed E-state index contributed by atoms with van der Waals surface area (Å²) in [5.74, 6) is 0.713. The van der Waals surface area contributed by atoms with E-state index in [0.717, 1.165) is 42.6 Å². The molecule has 144 valence electrons. The van der Waals surface area contributed by atoms with Gasteiger partial charge in [-0.2, -0.15) is 5.26 Å². The third kappa shape index (κ3) is 2.71. The fraction of sp³-hybridized carbons (Fsp3) is 0.476. The second-order valence-corrected chi connectivity index (χ2v) is 8.83. The van der Waals surface area contributed by atoms with Crippen LogP contribution in [-0.4, -0.2) is 25.6 Å². The summed E-state index contributed by atoms with van der Waals surface area (Å²) in [5.41, 5.74) is 2.44. The number of hydrogen-bond acceptors (Lipinski definition) is 5. The maximum Gasteiger partial charge on any atom is 0.263 e. The van der Waals surface area contributed by atoms with E-state index in [-0.39, 0.29) is 18.1 Å². The van der Waals surface area contributed by atoms with Crippen LogP contribution in [0.4, 0.5) is 0 Å². The van der Waals surface area contributed by atoms with Crippen molar-refractivity contribution in [3.8, 4) is 6.07 Å². The molecule has 28 heavy (non-hydrogen) atoms. The molecule has 3 aromatic rings. The van der Waals surface area contributed by atoms with E-state index in [0.29, 0.717) is 12.4 Å². The van der Waals surface area contributed by atoms with E-state index in [2.05, 4.69) is 40.8 Å². The van der Waals surface area contributed by atoms with Crippen LogP contribution >= 0.6 is 11.3 Å². The van der Waals surface area contributed by atoms with Crippen molar-refractivity contribution in [2.45, 2.75) is 58.3 Å². The lowest BCUT2D eigenvalue weighted by Crippen LogP contribution is -2.38. The van der Waals surface area contributed by atoms with Gasteiger partial charge in [0, 0.05) is 35.9 Å². The van der Waals surface area contributed by atoms with Crippen molar-refractivity contribution in [3.05, 3.63) is 50.6 Å². The normalized spacial score (nSPS) is 19.4. The zero-order valence-corrected chi connectivity index (χ0v) is 16.8. The SMILES string of the molecule is C[C@H]1c2cccn2CCN1Cc1nc2sc3c(c2c(=O)n1CC#N)CCCC3. The van der Waals surface area contributed by atoms with Gasteiger partial charge in [0.25, 0.3) is 5.56 Å². The summed E-state index contributed by atoms with van der Waals surface area (Å²) in [4.78, 5) is 22.7. The van der Waals surface area contributed by atoms with Crippen LogP contribution in [0.25, 0.3) is 10.2 Å². The van der Waals surface area contributed by atoms with Crippen molar-refractivity contribution < 1.29 is 0 Å². The van der Waals surface area contributed by atoms with Crippen molar-refractivity contribution in [3.63, 3.8) is 0 Å². The van der Waals surface area contributed by atoms with Gasteiger partial charge in [-0.25, -0.2) is 4.98 Å². The highest BCUT2D eigenvalue weighted by atomic mass is 32.1. The first-order valence-corrected chi connectivity index (χ1v) is 10.8. The number of hydrogen-bond donors (Lipinski definition) is 0. The Morgan fingerprint density at radius 1 is 1.32 bits per heavy atom. The molecule has 1 aliphatic heterocycles. The van der Waals surface area contributed by atoms with Gasteiger partial charge in [-0.1, -0.05) is 0 Å². The lowest BCUT2D eigenvalue weighted by atomic mass is 9.97. The Bertz CT molecular complexity index is 1150. The second kappa shape index (κ2) is 6.87. The van der Waals surface area contributed by atoms with Crippen molar-refractivity contribution in [1.29, 1.82) is 5.26 Å². The third-order valence-corrected chi connectivity index (χ3v) is 7.38. The summed E-state index contributed by atoms with van der Waals surface area (Å²) < 4.78 is 3.89. The molecule has 0 unspecified atom stereocenters. The highest BCUT2D eigenvalue weighted by molar-refractivity contribution is 7.18. The zero-order chi connectivity index (χ0) is 19.3. The average Bonchev–Trinajstić information content (AvgIpc) is 3.31. The van der Waals surface area contributed by atoms with Crippen LogP contribution in [0, 0.1) is 11.3 Å². The number of aromatic nitrogens is 3. The highest BCUT2D eigenvalue weighted by Crippen LogP contribution is 2.34. The molecule has 0 saturated heterocycles. The molecule has 0 saturated carbocycles. The first-order chi connectivity index (χ1) is 13.7. The van der Waals surface area contributed by atoms with Crippen LogP contribution < -0.4 is 5.56 Å². The quantitative estimate of drug-likeness (QED) is 0.685. The largest absolute Gasteiger partial charge is 0.349 e. The smallest absolute Gasteiger partial charge is 0.263 e. The predicted molar refractivity (Wildman–Crippen MR) is 109 cm³/mol. The van der Waals surface area contributed by atoms with E-state index in [4.69, 9.17) is 4.98 Å². The molecule has 0 bridgehead atoms. The molecule has 6 nitrogen and oxygen atoms in total. The van der Waals surface area contributed by atoms with Gasteiger partial charge in [-0.3, -0.25) is 14.3 Å². The summed E-state index contributed by atoms with van der Waals surface area (Å²) in [6.45, 7) is 4.68. The predicted octanol–water partition coefficient (Wildman–Crippen LogP) is 3.24. The van der Waals surface area contributed by atoms with Crippen molar-refractivity contribution in [2.75, 3.05) is 6.54 Å². The van der Waals surface area contributed by atoms with Crippen LogP contribution in [0.15, 0.2) is 23.1 Å². The van der Waals surface area contributed by atoms with Crippen LogP contribution in [0.2, 0.25) is 0 Å². The monoisotopic (exact) mass is 393 g/mol. The van der Waals surface area contributed by atoms with Crippen LogP contribution in [0.3, 0.4) is 0 Å². The summed E-state index contributed by atoms with van der Waals surface area (Å²) in [5, 5.41) is 10.1. The van der Waals surface area contributed by atoms with Crippen LogP contribution in [0.1, 0.15) is 47.8 Å². The van der Waals surface area contributed by atoms with Crippen molar-refractivity contribution in [1.82, 2.24) is 19.0 Å². The van der Waals surface area contributed by atoms with Gasteiger partial charge < -0.3 is 4.57 Å². The number of nitriles is 1. The van der Waals surface area contributed by atoms with Gasteiger partial charge in [0.05, 0.1) is 18.0 Å². The summed E-state index contributed by atoms with van der Waals surface area (Å²) >= 11 is 1.68. The molecule has 0 radical (unpaired) electrons. The Labute approximate surface area is 167 Å². The Hall–Kier alpha value is -2.43. The maximum atomic E-state index is 13.3. The van der Waals surface area contributed by atoms with Gasteiger partial charge in [-0.15, -0.1) is 11.3 Å². The van der Waals surface area contributed by atoms with E-state index in [1.165, 1.54) is 22.6 Å². The van der Waals surface area contributed by atoms with E-state index in [1.807, 2.05) is 0 Å². The minimum Gasteiger partial charge on any atom is -0.349 e. The topological polar surface area (TPSA) is 66.8 Å². The molecule has 3 aromatic heterocycles. The zero-order valence-electron chi connectivity index (χ0n) is 16.0. The van der Waals surface area contributed by atoms with Crippen molar-refractivity contribution >= 4 is 21.6 Å².